The molecule has 0 bridgehead atoms. The van der Waals surface area contributed by atoms with Gasteiger partial charge in [-0.05, 0) is 79.1 Å². The number of alkyl halides is 3. The van der Waals surface area contributed by atoms with Crippen LogP contribution in [0.1, 0.15) is 54.9 Å². The minimum Gasteiger partial charge on any atom is -0.484 e. The van der Waals surface area contributed by atoms with Crippen LogP contribution in [-0.4, -0.2) is 38.0 Å². The van der Waals surface area contributed by atoms with E-state index in [9.17, 15) is 18.0 Å². The molecule has 1 N–H and O–H groups in total. The number of amides is 1. The average Bonchev–Trinajstić information content (AvgIpc) is 2.86. The lowest BCUT2D eigenvalue weighted by molar-refractivity contribution is -0.137. The first-order chi connectivity index (χ1) is 17.3. The molecule has 1 amide bonds. The standard InChI is InChI=1S/C27H33F3N2O4/c1-3-4-24(32-36-17-21-5-8-23(9-6-21)27(28,29)30)22-7-10-25(19(2)15-22)35-18-26(33)31-16-20-11-13-34-14-12-20/h5-10,15,20H,3-4,11-14,16-18H2,1-2H3,(H,31,33)/b32-24-. The molecule has 6 nitrogen and oxygen atoms in total. The number of nitrogens with one attached hydrogen (secondary N) is 1. The van der Waals surface area contributed by atoms with Crippen molar-refractivity contribution in [1.29, 1.82) is 0 Å². The molecule has 0 radical (unpaired) electrons. The molecule has 0 unspecified atom stereocenters. The Hall–Kier alpha value is -3.07. The molecular formula is C27H33F3N2O4. The maximum absolute atomic E-state index is 12.7. The second-order valence-electron chi connectivity index (χ2n) is 8.88. The number of hydrogen-bond acceptors (Lipinski definition) is 5. The summed E-state index contributed by atoms with van der Waals surface area (Å²) in [4.78, 5) is 17.6. The molecule has 0 saturated carbocycles. The molecule has 1 aliphatic heterocycles. The monoisotopic (exact) mass is 506 g/mol. The molecule has 3 rings (SSSR count). The summed E-state index contributed by atoms with van der Waals surface area (Å²) in [5.41, 5.74) is 2.34. The smallest absolute Gasteiger partial charge is 0.416 e. The van der Waals surface area contributed by atoms with Crippen LogP contribution in [0.2, 0.25) is 0 Å². The number of hydrogen-bond donors (Lipinski definition) is 1. The van der Waals surface area contributed by atoms with Crippen LogP contribution in [0, 0.1) is 12.8 Å². The van der Waals surface area contributed by atoms with Gasteiger partial charge < -0.3 is 19.6 Å². The molecule has 0 aromatic heterocycles. The Bertz CT molecular complexity index is 1020. The van der Waals surface area contributed by atoms with Crippen molar-refractivity contribution >= 4 is 11.6 Å². The van der Waals surface area contributed by atoms with Gasteiger partial charge >= 0.3 is 6.18 Å². The Kier molecular flexibility index (Phi) is 10.2. The van der Waals surface area contributed by atoms with Crippen LogP contribution in [0.15, 0.2) is 47.6 Å². The van der Waals surface area contributed by atoms with Crippen molar-refractivity contribution in [2.45, 2.75) is 52.3 Å². The first kappa shape index (κ1) is 27.5. The Morgan fingerprint density at radius 1 is 1.14 bits per heavy atom. The first-order valence-corrected chi connectivity index (χ1v) is 12.2. The molecule has 36 heavy (non-hydrogen) atoms. The van der Waals surface area contributed by atoms with E-state index in [1.165, 1.54) is 12.1 Å². The Morgan fingerprint density at radius 3 is 2.50 bits per heavy atom. The van der Waals surface area contributed by atoms with Crippen LogP contribution in [0.4, 0.5) is 13.2 Å². The van der Waals surface area contributed by atoms with Gasteiger partial charge in [0.15, 0.2) is 6.61 Å². The summed E-state index contributed by atoms with van der Waals surface area (Å²) in [5, 5.41) is 7.17. The minimum absolute atomic E-state index is 0.0600. The van der Waals surface area contributed by atoms with Gasteiger partial charge in [0, 0.05) is 19.8 Å². The number of aryl methyl sites for hydroxylation is 1. The van der Waals surface area contributed by atoms with E-state index in [2.05, 4.69) is 10.5 Å². The van der Waals surface area contributed by atoms with E-state index in [-0.39, 0.29) is 19.1 Å². The fourth-order valence-electron chi connectivity index (χ4n) is 3.85. The van der Waals surface area contributed by atoms with E-state index < -0.39 is 11.7 Å². The van der Waals surface area contributed by atoms with E-state index >= 15 is 0 Å². The highest BCUT2D eigenvalue weighted by Gasteiger charge is 2.29. The molecule has 1 aliphatic rings. The summed E-state index contributed by atoms with van der Waals surface area (Å²) in [6, 6.07) is 10.4. The van der Waals surface area contributed by atoms with Gasteiger partial charge in [0.1, 0.15) is 12.4 Å². The van der Waals surface area contributed by atoms with Gasteiger partial charge in [0.2, 0.25) is 0 Å². The number of carbonyl (C=O) groups is 1. The van der Waals surface area contributed by atoms with Gasteiger partial charge in [0.25, 0.3) is 5.91 Å². The van der Waals surface area contributed by atoms with Crippen LogP contribution < -0.4 is 10.1 Å². The second kappa shape index (κ2) is 13.3. The summed E-state index contributed by atoms with van der Waals surface area (Å²) in [6.45, 7) is 6.04. The number of rotatable bonds is 11. The van der Waals surface area contributed by atoms with Crippen LogP contribution in [0.5, 0.6) is 5.75 Å². The summed E-state index contributed by atoms with van der Waals surface area (Å²) in [7, 11) is 0. The molecule has 1 saturated heterocycles. The van der Waals surface area contributed by atoms with E-state index in [1.54, 1.807) is 6.07 Å². The van der Waals surface area contributed by atoms with Crippen molar-refractivity contribution < 1.29 is 32.3 Å². The van der Waals surface area contributed by atoms with E-state index in [4.69, 9.17) is 14.3 Å². The van der Waals surface area contributed by atoms with Gasteiger partial charge in [-0.1, -0.05) is 30.6 Å². The zero-order chi connectivity index (χ0) is 26.0. The van der Waals surface area contributed by atoms with E-state index in [0.717, 1.165) is 61.4 Å². The summed E-state index contributed by atoms with van der Waals surface area (Å²) < 4.78 is 49.2. The highest BCUT2D eigenvalue weighted by Crippen LogP contribution is 2.29. The zero-order valence-electron chi connectivity index (χ0n) is 20.7. The Balaban J connectivity index is 1.53. The highest BCUT2D eigenvalue weighted by molar-refractivity contribution is 6.00. The van der Waals surface area contributed by atoms with Gasteiger partial charge in [-0.2, -0.15) is 13.2 Å². The zero-order valence-corrected chi connectivity index (χ0v) is 20.7. The van der Waals surface area contributed by atoms with Crippen molar-refractivity contribution in [2.24, 2.45) is 11.1 Å². The molecular weight excluding hydrogens is 473 g/mol. The second-order valence-corrected chi connectivity index (χ2v) is 8.88. The predicted molar refractivity (Wildman–Crippen MR) is 131 cm³/mol. The lowest BCUT2D eigenvalue weighted by Gasteiger charge is -2.22. The largest absolute Gasteiger partial charge is 0.484 e. The normalized spacial score (nSPS) is 15.0. The Labute approximate surface area is 209 Å². The number of benzene rings is 2. The van der Waals surface area contributed by atoms with E-state index in [0.29, 0.717) is 30.2 Å². The summed E-state index contributed by atoms with van der Waals surface area (Å²) >= 11 is 0. The molecule has 0 spiro atoms. The third-order valence-corrected chi connectivity index (χ3v) is 5.97. The maximum Gasteiger partial charge on any atom is 0.416 e. The van der Waals surface area contributed by atoms with Crippen molar-refractivity contribution in [2.75, 3.05) is 26.4 Å². The van der Waals surface area contributed by atoms with Crippen LogP contribution in [0.25, 0.3) is 0 Å². The average molecular weight is 507 g/mol. The minimum atomic E-state index is -4.37. The summed E-state index contributed by atoms with van der Waals surface area (Å²) in [5.74, 6) is 0.901. The molecule has 1 fully saturated rings. The molecule has 0 aliphatic carbocycles. The van der Waals surface area contributed by atoms with Crippen LogP contribution >= 0.6 is 0 Å². The van der Waals surface area contributed by atoms with Crippen molar-refractivity contribution in [3.05, 3.63) is 64.7 Å². The SMILES string of the molecule is CCC/C(=N/OCc1ccc(C(F)(F)F)cc1)c1ccc(OCC(=O)NCC2CCOCC2)c(C)c1. The predicted octanol–water partition coefficient (Wildman–Crippen LogP) is 5.66. The van der Waals surface area contributed by atoms with Crippen molar-refractivity contribution in [3.63, 3.8) is 0 Å². The molecule has 9 heteroatoms. The fourth-order valence-corrected chi connectivity index (χ4v) is 3.85. The third-order valence-electron chi connectivity index (χ3n) is 5.97. The van der Waals surface area contributed by atoms with Crippen LogP contribution in [0.3, 0.4) is 0 Å². The Morgan fingerprint density at radius 2 is 1.86 bits per heavy atom. The fraction of sp³-hybridized carbons (Fsp3) is 0.481. The number of ether oxygens (including phenoxy) is 2. The number of oxime groups is 1. The van der Waals surface area contributed by atoms with Gasteiger partial charge in [-0.3, -0.25) is 4.79 Å². The number of carbonyl (C=O) groups excluding carboxylic acids is 1. The van der Waals surface area contributed by atoms with Gasteiger partial charge in [-0.15, -0.1) is 0 Å². The number of halogens is 3. The lowest BCUT2D eigenvalue weighted by atomic mass is 10.0. The molecule has 2 aromatic carbocycles. The topological polar surface area (TPSA) is 69.2 Å². The molecule has 1 heterocycles. The third kappa shape index (κ3) is 8.55. The lowest BCUT2D eigenvalue weighted by Crippen LogP contribution is -2.35. The van der Waals surface area contributed by atoms with E-state index in [1.807, 2.05) is 26.0 Å². The van der Waals surface area contributed by atoms with Crippen molar-refractivity contribution in [1.82, 2.24) is 5.32 Å². The first-order valence-electron chi connectivity index (χ1n) is 12.2. The van der Waals surface area contributed by atoms with Crippen LogP contribution in [-0.2, 0) is 27.2 Å². The molecule has 2 aromatic rings. The van der Waals surface area contributed by atoms with Crippen molar-refractivity contribution in [3.8, 4) is 5.75 Å². The summed E-state index contributed by atoms with van der Waals surface area (Å²) in [6.07, 6.45) is -0.947. The molecule has 196 valence electrons. The molecule has 0 atom stereocenters. The van der Waals surface area contributed by atoms with Gasteiger partial charge in [-0.25, -0.2) is 0 Å². The number of nitrogens with zero attached hydrogens (tertiary/aromatic N) is 1. The quantitative estimate of drug-likeness (QED) is 0.316. The van der Waals surface area contributed by atoms with Gasteiger partial charge in [0.05, 0.1) is 11.3 Å². The maximum atomic E-state index is 12.7. The highest BCUT2D eigenvalue weighted by atomic mass is 19.4.